The van der Waals surface area contributed by atoms with E-state index in [-0.39, 0.29) is 19.2 Å². The maximum Gasteiger partial charge on any atom is 0.185 e. The molecule has 0 radical (unpaired) electrons. The zero-order valence-corrected chi connectivity index (χ0v) is 10.9. The summed E-state index contributed by atoms with van der Waals surface area (Å²) in [5.74, 6) is -5.83. The van der Waals surface area contributed by atoms with Gasteiger partial charge in [-0.1, -0.05) is 13.8 Å². The van der Waals surface area contributed by atoms with Gasteiger partial charge in [0.25, 0.3) is 0 Å². The molecule has 1 rings (SSSR count). The monoisotopic (exact) mass is 279 g/mol. The fourth-order valence-electron chi connectivity index (χ4n) is 1.78. The third kappa shape index (κ3) is 3.18. The Kier molecular flexibility index (Phi) is 5.17. The predicted molar refractivity (Wildman–Crippen MR) is 64.9 cm³/mol. The van der Waals surface area contributed by atoms with Gasteiger partial charge in [-0.05, 0) is 12.8 Å². The van der Waals surface area contributed by atoms with E-state index in [1.165, 1.54) is 0 Å². The molecule has 2 N–H and O–H groups in total. The molecule has 6 heteroatoms. The van der Waals surface area contributed by atoms with Crippen LogP contribution in [0.1, 0.15) is 26.7 Å². The van der Waals surface area contributed by atoms with Crippen molar-refractivity contribution >= 4 is 5.69 Å². The third-order valence-electron chi connectivity index (χ3n) is 3.59. The minimum absolute atomic E-state index is 0.0211. The van der Waals surface area contributed by atoms with E-state index in [9.17, 15) is 22.7 Å². The van der Waals surface area contributed by atoms with Crippen LogP contribution in [0.15, 0.2) is 6.07 Å². The van der Waals surface area contributed by atoms with Crippen LogP contribution < -0.4 is 5.32 Å². The molecule has 0 unspecified atom stereocenters. The molecule has 0 fully saturated rings. The van der Waals surface area contributed by atoms with Crippen molar-refractivity contribution in [3.8, 4) is 0 Å². The molecule has 108 valence electrons. The standard InChI is InChI=1S/C13H17F4NO/c1-3-13(4-2,7-19)6-18-12-10(16)8(14)5-9(15)11(12)17/h5,18-19H,3-4,6-7H2,1-2H3. The fraction of sp³-hybridized carbons (Fsp3) is 0.538. The molecule has 1 aromatic rings. The zero-order valence-electron chi connectivity index (χ0n) is 10.9. The maximum absolute atomic E-state index is 13.4. The number of nitrogens with one attached hydrogen (secondary N) is 1. The lowest BCUT2D eigenvalue weighted by Gasteiger charge is -2.30. The Labute approximate surface area is 109 Å². The van der Waals surface area contributed by atoms with E-state index in [4.69, 9.17) is 0 Å². The van der Waals surface area contributed by atoms with Crippen LogP contribution in [0.2, 0.25) is 0 Å². The molecular formula is C13H17F4NO. The van der Waals surface area contributed by atoms with Gasteiger partial charge in [0.1, 0.15) is 5.69 Å². The zero-order chi connectivity index (χ0) is 14.6. The second-order valence-corrected chi connectivity index (χ2v) is 4.56. The molecule has 2 nitrogen and oxygen atoms in total. The van der Waals surface area contributed by atoms with Gasteiger partial charge in [0.2, 0.25) is 0 Å². The minimum Gasteiger partial charge on any atom is -0.396 e. The van der Waals surface area contributed by atoms with Crippen molar-refractivity contribution in [1.82, 2.24) is 0 Å². The van der Waals surface area contributed by atoms with Crippen molar-refractivity contribution < 1.29 is 22.7 Å². The van der Waals surface area contributed by atoms with Gasteiger partial charge in [0.15, 0.2) is 23.3 Å². The lowest BCUT2D eigenvalue weighted by Crippen LogP contribution is -2.33. The molecule has 0 heterocycles. The molecule has 0 spiro atoms. The SMILES string of the molecule is CCC(CC)(CO)CNc1c(F)c(F)cc(F)c1F. The summed E-state index contributed by atoms with van der Waals surface area (Å²) in [7, 11) is 0. The highest BCUT2D eigenvalue weighted by molar-refractivity contribution is 5.47. The highest BCUT2D eigenvalue weighted by atomic mass is 19.2. The lowest BCUT2D eigenvalue weighted by atomic mass is 9.83. The molecule has 0 aliphatic carbocycles. The average Bonchev–Trinajstić information content (AvgIpc) is 2.41. The molecule has 0 saturated carbocycles. The Hall–Kier alpha value is -1.30. The Balaban J connectivity index is 3.01. The van der Waals surface area contributed by atoms with E-state index in [1.807, 2.05) is 13.8 Å². The van der Waals surface area contributed by atoms with Crippen molar-refractivity contribution in [2.45, 2.75) is 26.7 Å². The summed E-state index contributed by atoms with van der Waals surface area (Å²) >= 11 is 0. The Morgan fingerprint density at radius 1 is 1.05 bits per heavy atom. The van der Waals surface area contributed by atoms with Gasteiger partial charge in [-0.25, -0.2) is 17.6 Å². The van der Waals surface area contributed by atoms with Gasteiger partial charge < -0.3 is 10.4 Å². The van der Waals surface area contributed by atoms with Gasteiger partial charge in [0, 0.05) is 18.0 Å². The Bertz CT molecular complexity index is 412. The molecule has 19 heavy (non-hydrogen) atoms. The summed E-state index contributed by atoms with van der Waals surface area (Å²) in [5, 5.41) is 11.7. The van der Waals surface area contributed by atoms with Crippen molar-refractivity contribution in [3.05, 3.63) is 29.3 Å². The summed E-state index contributed by atoms with van der Waals surface area (Å²) in [6, 6.07) is 0.161. The van der Waals surface area contributed by atoms with Crippen LogP contribution in [-0.2, 0) is 0 Å². The van der Waals surface area contributed by atoms with Gasteiger partial charge in [-0.3, -0.25) is 0 Å². The molecule has 0 aliphatic rings. The van der Waals surface area contributed by atoms with Crippen LogP contribution in [0.25, 0.3) is 0 Å². The first kappa shape index (κ1) is 15.8. The van der Waals surface area contributed by atoms with Crippen LogP contribution in [0.3, 0.4) is 0 Å². The number of rotatable bonds is 6. The number of benzene rings is 1. The van der Waals surface area contributed by atoms with Crippen molar-refractivity contribution in [1.29, 1.82) is 0 Å². The van der Waals surface area contributed by atoms with Crippen molar-refractivity contribution in [3.63, 3.8) is 0 Å². The van der Waals surface area contributed by atoms with Crippen molar-refractivity contribution in [2.75, 3.05) is 18.5 Å². The molecule has 1 aromatic carbocycles. The second kappa shape index (κ2) is 6.23. The Morgan fingerprint density at radius 2 is 1.53 bits per heavy atom. The number of hydrogen-bond acceptors (Lipinski definition) is 2. The molecule has 0 bridgehead atoms. The first-order chi connectivity index (χ1) is 8.90. The lowest BCUT2D eigenvalue weighted by molar-refractivity contribution is 0.127. The fourth-order valence-corrected chi connectivity index (χ4v) is 1.78. The van der Waals surface area contributed by atoms with Crippen LogP contribution in [0.4, 0.5) is 23.2 Å². The normalized spacial score (nSPS) is 11.7. The molecule has 0 atom stereocenters. The number of halogens is 4. The largest absolute Gasteiger partial charge is 0.396 e. The van der Waals surface area contributed by atoms with Gasteiger partial charge in [0.05, 0.1) is 6.61 Å². The maximum atomic E-state index is 13.4. The quantitative estimate of drug-likeness (QED) is 0.617. The first-order valence-electron chi connectivity index (χ1n) is 6.08. The van der Waals surface area contributed by atoms with E-state index in [0.717, 1.165) is 0 Å². The number of aliphatic hydroxyl groups is 1. The van der Waals surface area contributed by atoms with Crippen LogP contribution >= 0.6 is 0 Å². The summed E-state index contributed by atoms with van der Waals surface area (Å²) in [5.41, 5.74) is -1.42. The van der Waals surface area contributed by atoms with E-state index in [1.54, 1.807) is 0 Å². The molecule has 0 aromatic heterocycles. The smallest absolute Gasteiger partial charge is 0.185 e. The van der Waals surface area contributed by atoms with Gasteiger partial charge in [-0.15, -0.1) is 0 Å². The highest BCUT2D eigenvalue weighted by Crippen LogP contribution is 2.29. The van der Waals surface area contributed by atoms with Crippen LogP contribution in [0, 0.1) is 28.7 Å². The van der Waals surface area contributed by atoms with Crippen LogP contribution in [-0.4, -0.2) is 18.3 Å². The van der Waals surface area contributed by atoms with E-state index < -0.39 is 34.4 Å². The topological polar surface area (TPSA) is 32.3 Å². The van der Waals surface area contributed by atoms with Gasteiger partial charge >= 0.3 is 0 Å². The number of hydrogen-bond donors (Lipinski definition) is 2. The third-order valence-corrected chi connectivity index (χ3v) is 3.59. The first-order valence-corrected chi connectivity index (χ1v) is 6.08. The molecular weight excluding hydrogens is 262 g/mol. The summed E-state index contributed by atoms with van der Waals surface area (Å²) in [6.07, 6.45) is 1.13. The second-order valence-electron chi connectivity index (χ2n) is 4.56. The van der Waals surface area contributed by atoms with Crippen LogP contribution in [0.5, 0.6) is 0 Å². The Morgan fingerprint density at radius 3 is 1.89 bits per heavy atom. The average molecular weight is 279 g/mol. The number of aliphatic hydroxyl groups excluding tert-OH is 1. The van der Waals surface area contributed by atoms with E-state index in [2.05, 4.69) is 5.32 Å². The summed E-state index contributed by atoms with van der Waals surface area (Å²) < 4.78 is 52.9. The molecule has 0 saturated heterocycles. The van der Waals surface area contributed by atoms with Gasteiger partial charge in [-0.2, -0.15) is 0 Å². The minimum atomic E-state index is -1.46. The number of anilines is 1. The van der Waals surface area contributed by atoms with Crippen molar-refractivity contribution in [2.24, 2.45) is 5.41 Å². The highest BCUT2D eigenvalue weighted by Gasteiger charge is 2.27. The van der Waals surface area contributed by atoms with E-state index >= 15 is 0 Å². The predicted octanol–water partition coefficient (Wildman–Crippen LogP) is 3.45. The molecule has 0 amide bonds. The molecule has 0 aliphatic heterocycles. The van der Waals surface area contributed by atoms with E-state index in [0.29, 0.717) is 12.8 Å². The summed E-state index contributed by atoms with van der Waals surface area (Å²) in [4.78, 5) is 0. The summed E-state index contributed by atoms with van der Waals surface area (Å²) in [6.45, 7) is 3.47.